The Balaban J connectivity index is 0.000000512. The van der Waals surface area contributed by atoms with Gasteiger partial charge in [-0.2, -0.15) is 0 Å². The van der Waals surface area contributed by atoms with Crippen LogP contribution >= 0.6 is 11.3 Å². The smallest absolute Gasteiger partial charge is 0.221 e. The third-order valence-corrected chi connectivity index (χ3v) is 3.44. The van der Waals surface area contributed by atoms with Crippen molar-refractivity contribution in [1.82, 2.24) is 0 Å². The fourth-order valence-corrected chi connectivity index (χ4v) is 2.32. The molecule has 0 spiro atoms. The van der Waals surface area contributed by atoms with Crippen molar-refractivity contribution in [1.29, 1.82) is 0 Å². The van der Waals surface area contributed by atoms with Crippen LogP contribution in [-0.2, 0) is 11.2 Å². The number of hydrogen-bond acceptors (Lipinski definition) is 2. The minimum absolute atomic E-state index is 0. The van der Waals surface area contributed by atoms with Crippen LogP contribution < -0.4 is 5.73 Å². The summed E-state index contributed by atoms with van der Waals surface area (Å²) in [6.07, 6.45) is 2.98. The van der Waals surface area contributed by atoms with E-state index in [0.29, 0.717) is 6.42 Å². The molecule has 0 saturated heterocycles. The maximum atomic E-state index is 10.7. The Kier molecular flexibility index (Phi) is 5.70. The van der Waals surface area contributed by atoms with Crippen molar-refractivity contribution in [3.63, 3.8) is 0 Å². The third kappa shape index (κ3) is 4.19. The van der Waals surface area contributed by atoms with Gasteiger partial charge in [-0.05, 0) is 22.4 Å². The van der Waals surface area contributed by atoms with Crippen LogP contribution in [0.2, 0.25) is 0 Å². The van der Waals surface area contributed by atoms with Crippen LogP contribution in [0.25, 0.3) is 10.1 Å². The van der Waals surface area contributed by atoms with Gasteiger partial charge in [-0.25, -0.2) is 0 Å². The SMILES string of the molecule is CCCC.NC(=O)Cc1csc2ccccc12.[HH]. The molecule has 0 bridgehead atoms. The van der Waals surface area contributed by atoms with Gasteiger partial charge in [0.05, 0.1) is 6.42 Å². The van der Waals surface area contributed by atoms with E-state index >= 15 is 0 Å². The van der Waals surface area contributed by atoms with Gasteiger partial charge >= 0.3 is 0 Å². The zero-order valence-corrected chi connectivity index (χ0v) is 11.2. The van der Waals surface area contributed by atoms with Gasteiger partial charge in [0.1, 0.15) is 0 Å². The predicted molar refractivity (Wildman–Crippen MR) is 77.4 cm³/mol. The number of hydrogen-bond donors (Lipinski definition) is 1. The van der Waals surface area contributed by atoms with Crippen LogP contribution in [0.1, 0.15) is 33.7 Å². The number of thiophene rings is 1. The maximum absolute atomic E-state index is 10.7. The predicted octanol–water partition coefficient (Wildman–Crippen LogP) is 3.98. The second-order valence-corrected chi connectivity index (χ2v) is 4.81. The van der Waals surface area contributed by atoms with Crippen molar-refractivity contribution < 1.29 is 6.22 Å². The highest BCUT2D eigenvalue weighted by atomic mass is 32.1. The number of carbonyl (C=O) groups is 1. The number of amides is 1. The molecule has 0 aliphatic rings. The fourth-order valence-electron chi connectivity index (χ4n) is 1.36. The molecule has 0 aliphatic carbocycles. The highest BCUT2D eigenvalue weighted by molar-refractivity contribution is 7.17. The van der Waals surface area contributed by atoms with Gasteiger partial charge in [0.2, 0.25) is 5.91 Å². The first kappa shape index (κ1) is 13.7. The first-order valence-electron chi connectivity index (χ1n) is 5.92. The van der Waals surface area contributed by atoms with E-state index in [2.05, 4.69) is 13.8 Å². The number of rotatable bonds is 3. The van der Waals surface area contributed by atoms with Gasteiger partial charge in [0.15, 0.2) is 0 Å². The van der Waals surface area contributed by atoms with Crippen LogP contribution in [0.4, 0.5) is 0 Å². The number of nitrogens with two attached hydrogens (primary N) is 1. The topological polar surface area (TPSA) is 43.1 Å². The Morgan fingerprint density at radius 3 is 2.53 bits per heavy atom. The molecule has 0 radical (unpaired) electrons. The van der Waals surface area contributed by atoms with Crippen LogP contribution in [0.5, 0.6) is 0 Å². The largest absolute Gasteiger partial charge is 0.369 e. The van der Waals surface area contributed by atoms with E-state index in [1.54, 1.807) is 11.3 Å². The molecule has 2 rings (SSSR count). The van der Waals surface area contributed by atoms with Gasteiger partial charge in [-0.3, -0.25) is 4.79 Å². The van der Waals surface area contributed by atoms with E-state index in [1.807, 2.05) is 29.6 Å². The van der Waals surface area contributed by atoms with Gasteiger partial charge in [-0.1, -0.05) is 44.9 Å². The van der Waals surface area contributed by atoms with E-state index in [9.17, 15) is 4.79 Å². The van der Waals surface area contributed by atoms with Gasteiger partial charge < -0.3 is 5.73 Å². The molecule has 1 heterocycles. The summed E-state index contributed by atoms with van der Waals surface area (Å²) in [6.45, 7) is 4.36. The van der Waals surface area contributed by atoms with Gasteiger partial charge in [-0.15, -0.1) is 11.3 Å². The van der Waals surface area contributed by atoms with E-state index < -0.39 is 0 Å². The molecular formula is C14H21NOS. The summed E-state index contributed by atoms with van der Waals surface area (Å²) in [7, 11) is 0. The van der Waals surface area contributed by atoms with Crippen LogP contribution in [0.15, 0.2) is 29.6 Å². The first-order chi connectivity index (χ1) is 8.19. The zero-order valence-electron chi connectivity index (χ0n) is 10.4. The summed E-state index contributed by atoms with van der Waals surface area (Å²) >= 11 is 1.65. The maximum Gasteiger partial charge on any atom is 0.221 e. The summed E-state index contributed by atoms with van der Waals surface area (Å²) in [5.41, 5.74) is 6.18. The lowest BCUT2D eigenvalue weighted by atomic mass is 10.1. The minimum Gasteiger partial charge on any atom is -0.369 e. The second kappa shape index (κ2) is 7.07. The summed E-state index contributed by atoms with van der Waals surface area (Å²) < 4.78 is 1.21. The molecule has 1 amide bonds. The van der Waals surface area contributed by atoms with Crippen LogP contribution in [0, 0.1) is 0 Å². The van der Waals surface area contributed by atoms with Crippen molar-refractivity contribution in [3.05, 3.63) is 35.2 Å². The number of carbonyl (C=O) groups excluding carboxylic acids is 1. The standard InChI is InChI=1S/C10H9NOS.C4H10.H2/c11-10(12)5-7-6-13-9-4-2-1-3-8(7)9;1-3-4-2;/h1-4,6H,5H2,(H2,11,12);3-4H2,1-2H3;1H. The molecule has 1 aromatic heterocycles. The Labute approximate surface area is 108 Å². The van der Waals surface area contributed by atoms with E-state index in [0.717, 1.165) is 10.9 Å². The minimum atomic E-state index is -0.274. The summed E-state index contributed by atoms with van der Waals surface area (Å²) in [6, 6.07) is 8.03. The van der Waals surface area contributed by atoms with Crippen molar-refractivity contribution in [2.75, 3.05) is 0 Å². The molecule has 2 N–H and O–H groups in total. The lowest BCUT2D eigenvalue weighted by molar-refractivity contribution is -0.117. The summed E-state index contributed by atoms with van der Waals surface area (Å²) in [5.74, 6) is -0.274. The number of unbranched alkanes of at least 4 members (excludes halogenated alkanes) is 1. The number of fused-ring (bicyclic) bond motifs is 1. The quantitative estimate of drug-likeness (QED) is 0.881. The van der Waals surface area contributed by atoms with Crippen molar-refractivity contribution in [2.24, 2.45) is 5.73 Å². The zero-order chi connectivity index (χ0) is 12.7. The molecule has 0 unspecified atom stereocenters. The van der Waals surface area contributed by atoms with Crippen LogP contribution in [-0.4, -0.2) is 5.91 Å². The lowest BCUT2D eigenvalue weighted by Gasteiger charge is -1.93. The lowest BCUT2D eigenvalue weighted by Crippen LogP contribution is -2.13. The molecule has 2 nitrogen and oxygen atoms in total. The van der Waals surface area contributed by atoms with Crippen molar-refractivity contribution in [3.8, 4) is 0 Å². The number of primary amides is 1. The normalized spacial score (nSPS) is 9.76. The number of benzene rings is 1. The molecule has 17 heavy (non-hydrogen) atoms. The molecule has 94 valence electrons. The van der Waals surface area contributed by atoms with Gasteiger partial charge in [0.25, 0.3) is 0 Å². The summed E-state index contributed by atoms with van der Waals surface area (Å²) in [4.78, 5) is 10.7. The summed E-state index contributed by atoms with van der Waals surface area (Å²) in [5, 5.41) is 3.14. The Morgan fingerprint density at radius 1 is 1.29 bits per heavy atom. The molecule has 0 fully saturated rings. The van der Waals surface area contributed by atoms with Crippen LogP contribution in [0.3, 0.4) is 0 Å². The van der Waals surface area contributed by atoms with Crippen molar-refractivity contribution in [2.45, 2.75) is 33.1 Å². The van der Waals surface area contributed by atoms with Gasteiger partial charge in [0, 0.05) is 6.13 Å². The molecule has 0 atom stereocenters. The third-order valence-electron chi connectivity index (χ3n) is 2.43. The highest BCUT2D eigenvalue weighted by Gasteiger charge is 2.04. The van der Waals surface area contributed by atoms with E-state index in [-0.39, 0.29) is 7.33 Å². The average Bonchev–Trinajstić information content (AvgIpc) is 2.73. The van der Waals surface area contributed by atoms with Crippen molar-refractivity contribution >= 4 is 27.3 Å². The molecular weight excluding hydrogens is 230 g/mol. The molecule has 0 aliphatic heterocycles. The molecule has 0 saturated carbocycles. The average molecular weight is 251 g/mol. The Morgan fingerprint density at radius 2 is 1.94 bits per heavy atom. The highest BCUT2D eigenvalue weighted by Crippen LogP contribution is 2.25. The molecule has 1 aromatic carbocycles. The fraction of sp³-hybridized carbons (Fsp3) is 0.357. The Hall–Kier alpha value is -1.35. The first-order valence-corrected chi connectivity index (χ1v) is 6.80. The van der Waals surface area contributed by atoms with E-state index in [4.69, 9.17) is 5.73 Å². The second-order valence-electron chi connectivity index (χ2n) is 3.90. The Bertz CT molecular complexity index is 479. The molecule has 2 aromatic rings. The monoisotopic (exact) mass is 251 g/mol. The van der Waals surface area contributed by atoms with E-state index in [1.165, 1.54) is 17.5 Å². The molecule has 3 heteroatoms.